The zero-order valence-electron chi connectivity index (χ0n) is 17.4. The molecule has 0 aliphatic carbocycles. The van der Waals surface area contributed by atoms with Crippen LogP contribution in [0.25, 0.3) is 0 Å². The Bertz CT molecular complexity index is 1080. The lowest BCUT2D eigenvalue weighted by molar-refractivity contribution is -0.121. The first-order valence-corrected chi connectivity index (χ1v) is 11.0. The van der Waals surface area contributed by atoms with Crippen LogP contribution in [0.4, 0.5) is 5.69 Å². The Hall–Kier alpha value is -3.26. The fourth-order valence-electron chi connectivity index (χ4n) is 3.59. The second kappa shape index (κ2) is 9.26. The van der Waals surface area contributed by atoms with Crippen molar-refractivity contribution in [2.45, 2.75) is 17.4 Å². The molecule has 0 radical (unpaired) electrons. The second-order valence-corrected chi connectivity index (χ2v) is 8.24. The number of rotatable bonds is 7. The number of nitrogens with zero attached hydrogens (tertiary/aromatic N) is 3. The van der Waals surface area contributed by atoms with Gasteiger partial charge in [0.15, 0.2) is 0 Å². The molecule has 2 aromatic carbocycles. The topological polar surface area (TPSA) is 76.5 Å². The molecule has 1 aliphatic rings. The molecule has 31 heavy (non-hydrogen) atoms. The van der Waals surface area contributed by atoms with Gasteiger partial charge in [0.2, 0.25) is 11.8 Å². The highest BCUT2D eigenvalue weighted by Gasteiger charge is 2.26. The van der Waals surface area contributed by atoms with Gasteiger partial charge in [-0.25, -0.2) is 4.98 Å². The number of hydrogen-bond acceptors (Lipinski definition) is 5. The van der Waals surface area contributed by atoms with Crippen LogP contribution >= 0.6 is 11.8 Å². The first kappa shape index (κ1) is 21.0. The van der Waals surface area contributed by atoms with Gasteiger partial charge in [0.25, 0.3) is 0 Å². The molecule has 1 atom stereocenters. The van der Waals surface area contributed by atoms with Gasteiger partial charge < -0.3 is 19.5 Å². The summed E-state index contributed by atoms with van der Waals surface area (Å²) in [5, 5.41) is 3.09. The number of benzene rings is 2. The molecule has 0 saturated heterocycles. The average molecular weight is 437 g/mol. The van der Waals surface area contributed by atoms with E-state index < -0.39 is 6.04 Å². The molecule has 4 rings (SSSR count). The molecule has 7 nitrogen and oxygen atoms in total. The number of carbonyl (C=O) groups excluding carboxylic acids is 2. The molecule has 0 spiro atoms. The van der Waals surface area contributed by atoms with E-state index in [9.17, 15) is 9.59 Å². The van der Waals surface area contributed by atoms with Crippen LogP contribution in [0.3, 0.4) is 0 Å². The van der Waals surface area contributed by atoms with Crippen LogP contribution < -0.4 is 15.0 Å². The molecular formula is C23H24N4O3S. The fraction of sp³-hybridized carbons (Fsp3) is 0.261. The number of methoxy groups -OCH3 is 1. The van der Waals surface area contributed by atoms with Crippen LogP contribution in [-0.4, -0.2) is 40.8 Å². The number of thioether (sulfide) groups is 1. The van der Waals surface area contributed by atoms with Crippen molar-refractivity contribution in [2.75, 3.05) is 24.3 Å². The van der Waals surface area contributed by atoms with E-state index in [2.05, 4.69) is 10.3 Å². The van der Waals surface area contributed by atoms with E-state index in [1.165, 1.54) is 11.8 Å². The molecule has 160 valence electrons. The number of para-hydroxylation sites is 1. The lowest BCUT2D eigenvalue weighted by Gasteiger charge is -2.29. The van der Waals surface area contributed by atoms with Crippen molar-refractivity contribution in [1.82, 2.24) is 14.9 Å². The van der Waals surface area contributed by atoms with Gasteiger partial charge >= 0.3 is 0 Å². The van der Waals surface area contributed by atoms with Gasteiger partial charge in [0, 0.05) is 37.3 Å². The van der Waals surface area contributed by atoms with Gasteiger partial charge in [-0.3, -0.25) is 9.59 Å². The first-order chi connectivity index (χ1) is 15.1. The third kappa shape index (κ3) is 4.59. The number of fused-ring (bicyclic) bond motifs is 1. The van der Waals surface area contributed by atoms with E-state index in [1.807, 2.05) is 66.3 Å². The smallest absolute Gasteiger partial charge is 0.237 e. The van der Waals surface area contributed by atoms with Gasteiger partial charge in [-0.05, 0) is 29.8 Å². The van der Waals surface area contributed by atoms with E-state index in [0.29, 0.717) is 12.3 Å². The minimum Gasteiger partial charge on any atom is -0.497 e. The number of imidazole rings is 1. The summed E-state index contributed by atoms with van der Waals surface area (Å²) >= 11 is 1.53. The Morgan fingerprint density at radius 1 is 1.23 bits per heavy atom. The number of carbonyl (C=O) groups is 2. The Balaban J connectivity index is 1.49. The van der Waals surface area contributed by atoms with E-state index in [-0.39, 0.29) is 18.2 Å². The number of anilines is 1. The lowest BCUT2D eigenvalue weighted by atomic mass is 10.1. The Morgan fingerprint density at radius 2 is 2.00 bits per heavy atom. The van der Waals surface area contributed by atoms with Crippen molar-refractivity contribution < 1.29 is 14.3 Å². The molecule has 0 saturated carbocycles. The minimum absolute atomic E-state index is 0.0207. The summed E-state index contributed by atoms with van der Waals surface area (Å²) in [4.78, 5) is 32.5. The standard InChI is InChI=1S/C23H24N4O3S/c1-26-14-12-24-23(26)22(16-7-9-17(30-2)10-8-16)25-20(28)11-13-27-18-5-3-4-6-19(18)31-15-21(27)29/h3-10,12,14,22H,11,13,15H2,1-2H3,(H,25,28)/t22-/m0/s1. The predicted molar refractivity (Wildman–Crippen MR) is 120 cm³/mol. The molecule has 0 unspecified atom stereocenters. The van der Waals surface area contributed by atoms with Gasteiger partial charge in [0.1, 0.15) is 17.6 Å². The summed E-state index contributed by atoms with van der Waals surface area (Å²) in [6.07, 6.45) is 3.75. The van der Waals surface area contributed by atoms with Crippen LogP contribution in [0.1, 0.15) is 23.9 Å². The summed E-state index contributed by atoms with van der Waals surface area (Å²) in [5.41, 5.74) is 1.77. The molecule has 0 fully saturated rings. The van der Waals surface area contributed by atoms with Gasteiger partial charge in [-0.1, -0.05) is 24.3 Å². The van der Waals surface area contributed by atoms with Crippen LogP contribution in [0.2, 0.25) is 0 Å². The Labute approximate surface area is 185 Å². The zero-order chi connectivity index (χ0) is 21.8. The summed E-state index contributed by atoms with van der Waals surface area (Å²) in [6, 6.07) is 14.9. The number of aromatic nitrogens is 2. The largest absolute Gasteiger partial charge is 0.497 e. The Morgan fingerprint density at radius 3 is 2.71 bits per heavy atom. The molecule has 8 heteroatoms. The van der Waals surface area contributed by atoms with Crippen LogP contribution in [0.5, 0.6) is 5.75 Å². The first-order valence-electron chi connectivity index (χ1n) is 9.99. The predicted octanol–water partition coefficient (Wildman–Crippen LogP) is 3.16. The maximum atomic E-state index is 12.9. The minimum atomic E-state index is -0.404. The zero-order valence-corrected chi connectivity index (χ0v) is 18.3. The van der Waals surface area contributed by atoms with Gasteiger partial charge in [-0.15, -0.1) is 11.8 Å². The quantitative estimate of drug-likeness (QED) is 0.616. The summed E-state index contributed by atoms with van der Waals surface area (Å²) in [5.74, 6) is 1.74. The lowest BCUT2D eigenvalue weighted by Crippen LogP contribution is -2.39. The van der Waals surface area contributed by atoms with E-state index in [4.69, 9.17) is 4.74 Å². The highest BCUT2D eigenvalue weighted by Crippen LogP contribution is 2.35. The molecule has 2 heterocycles. The number of hydrogen-bond donors (Lipinski definition) is 1. The highest BCUT2D eigenvalue weighted by atomic mass is 32.2. The second-order valence-electron chi connectivity index (χ2n) is 7.22. The van der Waals surface area contributed by atoms with Crippen molar-refractivity contribution in [1.29, 1.82) is 0 Å². The molecule has 0 bridgehead atoms. The van der Waals surface area contributed by atoms with Crippen molar-refractivity contribution in [2.24, 2.45) is 7.05 Å². The third-order valence-corrected chi connectivity index (χ3v) is 6.29. The van der Waals surface area contributed by atoms with Crippen molar-refractivity contribution in [3.8, 4) is 5.75 Å². The van der Waals surface area contributed by atoms with Crippen molar-refractivity contribution in [3.63, 3.8) is 0 Å². The molecule has 2 amide bonds. The van der Waals surface area contributed by atoms with Crippen molar-refractivity contribution in [3.05, 3.63) is 72.3 Å². The fourth-order valence-corrected chi connectivity index (χ4v) is 4.53. The normalized spacial score (nSPS) is 14.1. The van der Waals surface area contributed by atoms with Gasteiger partial charge in [-0.2, -0.15) is 0 Å². The third-order valence-electron chi connectivity index (χ3n) is 5.24. The Kier molecular flexibility index (Phi) is 6.27. The molecule has 1 N–H and O–H groups in total. The highest BCUT2D eigenvalue weighted by molar-refractivity contribution is 8.00. The monoisotopic (exact) mass is 436 g/mol. The molecule has 1 aromatic heterocycles. The molecular weight excluding hydrogens is 412 g/mol. The van der Waals surface area contributed by atoms with E-state index in [0.717, 1.165) is 27.7 Å². The summed E-state index contributed by atoms with van der Waals surface area (Å²) in [6.45, 7) is 0.331. The summed E-state index contributed by atoms with van der Waals surface area (Å²) < 4.78 is 7.13. The number of nitrogens with one attached hydrogen (secondary N) is 1. The molecule has 3 aromatic rings. The van der Waals surface area contributed by atoms with Crippen molar-refractivity contribution >= 4 is 29.3 Å². The van der Waals surface area contributed by atoms with Crippen LogP contribution in [-0.2, 0) is 16.6 Å². The number of amides is 2. The summed E-state index contributed by atoms with van der Waals surface area (Å²) in [7, 11) is 3.51. The van der Waals surface area contributed by atoms with Gasteiger partial charge in [0.05, 0.1) is 18.6 Å². The maximum Gasteiger partial charge on any atom is 0.237 e. The van der Waals surface area contributed by atoms with Crippen LogP contribution in [0.15, 0.2) is 65.8 Å². The maximum absolute atomic E-state index is 12.9. The van der Waals surface area contributed by atoms with E-state index in [1.54, 1.807) is 18.2 Å². The van der Waals surface area contributed by atoms with E-state index >= 15 is 0 Å². The average Bonchev–Trinajstić information content (AvgIpc) is 3.22. The number of ether oxygens (including phenoxy) is 1. The van der Waals surface area contributed by atoms with Crippen LogP contribution in [0, 0.1) is 0 Å². The number of aryl methyl sites for hydroxylation is 1. The molecule has 1 aliphatic heterocycles. The SMILES string of the molecule is COc1ccc([C@H](NC(=O)CCN2C(=O)CSc3ccccc32)c2nccn2C)cc1.